The second-order valence-electron chi connectivity index (χ2n) is 7.31. The third-order valence-electron chi connectivity index (χ3n) is 2.87. The maximum atomic E-state index is 12.8. The highest BCUT2D eigenvalue weighted by atomic mass is 79.9. The van der Waals surface area contributed by atoms with Gasteiger partial charge in [0.05, 0.1) is 4.47 Å². The molecule has 23 heavy (non-hydrogen) atoms. The van der Waals surface area contributed by atoms with Crippen LogP contribution in [0.4, 0.5) is 10.6 Å². The van der Waals surface area contributed by atoms with Crippen LogP contribution < -0.4 is 4.90 Å². The minimum absolute atomic E-state index is 0.256. The summed E-state index contributed by atoms with van der Waals surface area (Å²) in [7, 11) is 0. The summed E-state index contributed by atoms with van der Waals surface area (Å²) in [5.74, 6) is 0.546. The summed E-state index contributed by atoms with van der Waals surface area (Å²) in [4.78, 5) is 14.3. The fourth-order valence-corrected chi connectivity index (χ4v) is 2.62. The average Bonchev–Trinajstić information content (AvgIpc) is 2.64. The standard InChI is InChI=1S/C16H25BrN4O2/c1-8-9-20-13(12(17)11(10-18)19-20)21(15(2,3)4)14(22)23-16(5,6)7/h8-9H2,1-7H3. The van der Waals surface area contributed by atoms with Gasteiger partial charge in [-0.05, 0) is 63.9 Å². The van der Waals surface area contributed by atoms with Crippen LogP contribution >= 0.6 is 15.9 Å². The van der Waals surface area contributed by atoms with E-state index in [1.807, 2.05) is 48.5 Å². The van der Waals surface area contributed by atoms with Crippen molar-refractivity contribution in [2.75, 3.05) is 4.90 Å². The SMILES string of the molecule is CCCn1nc(C#N)c(Br)c1N(C(=O)OC(C)(C)C)C(C)(C)C. The Morgan fingerprint density at radius 1 is 1.35 bits per heavy atom. The van der Waals surface area contributed by atoms with Crippen LogP contribution in [0.1, 0.15) is 60.6 Å². The van der Waals surface area contributed by atoms with Crippen LogP contribution in [-0.2, 0) is 11.3 Å². The second kappa shape index (κ2) is 6.91. The number of anilines is 1. The number of nitriles is 1. The number of halogens is 1. The predicted molar refractivity (Wildman–Crippen MR) is 93.4 cm³/mol. The van der Waals surface area contributed by atoms with Crippen LogP contribution in [0, 0.1) is 11.3 Å². The van der Waals surface area contributed by atoms with Gasteiger partial charge in [0.2, 0.25) is 0 Å². The van der Waals surface area contributed by atoms with E-state index in [2.05, 4.69) is 27.1 Å². The van der Waals surface area contributed by atoms with Crippen molar-refractivity contribution in [1.29, 1.82) is 5.26 Å². The molecule has 7 heteroatoms. The minimum atomic E-state index is -0.610. The summed E-state index contributed by atoms with van der Waals surface area (Å²) < 4.78 is 7.74. The summed E-state index contributed by atoms with van der Waals surface area (Å²) in [6.45, 7) is 13.8. The highest BCUT2D eigenvalue weighted by Crippen LogP contribution is 2.35. The van der Waals surface area contributed by atoms with Crippen molar-refractivity contribution in [3.05, 3.63) is 10.2 Å². The third kappa shape index (κ3) is 4.71. The molecule has 1 heterocycles. The number of carbonyl (C=O) groups is 1. The Kier molecular flexibility index (Phi) is 5.86. The van der Waals surface area contributed by atoms with Crippen molar-refractivity contribution in [2.45, 2.75) is 72.6 Å². The van der Waals surface area contributed by atoms with Gasteiger partial charge in [0.25, 0.3) is 0 Å². The Morgan fingerprint density at radius 2 is 1.91 bits per heavy atom. The van der Waals surface area contributed by atoms with Gasteiger partial charge < -0.3 is 4.74 Å². The Balaban J connectivity index is 3.48. The molecule has 0 spiro atoms. The lowest BCUT2D eigenvalue weighted by molar-refractivity contribution is 0.0546. The van der Waals surface area contributed by atoms with Crippen LogP contribution in [0.25, 0.3) is 0 Å². The lowest BCUT2D eigenvalue weighted by atomic mass is 10.1. The van der Waals surface area contributed by atoms with Crippen LogP contribution in [0.3, 0.4) is 0 Å². The number of hydrogen-bond donors (Lipinski definition) is 0. The number of aromatic nitrogens is 2. The molecule has 0 N–H and O–H groups in total. The van der Waals surface area contributed by atoms with Gasteiger partial charge in [0.15, 0.2) is 11.5 Å². The summed E-state index contributed by atoms with van der Waals surface area (Å²) in [5.41, 5.74) is -0.893. The average molecular weight is 385 g/mol. The lowest BCUT2D eigenvalue weighted by Crippen LogP contribution is -2.49. The largest absolute Gasteiger partial charge is 0.443 e. The highest BCUT2D eigenvalue weighted by molar-refractivity contribution is 9.10. The molecular formula is C16H25BrN4O2. The zero-order valence-corrected chi connectivity index (χ0v) is 16.5. The van der Waals surface area contributed by atoms with Gasteiger partial charge in [-0.1, -0.05) is 6.92 Å². The van der Waals surface area contributed by atoms with E-state index in [1.54, 1.807) is 9.58 Å². The predicted octanol–water partition coefficient (Wildman–Crippen LogP) is 4.47. The monoisotopic (exact) mass is 384 g/mol. The fourth-order valence-electron chi connectivity index (χ4n) is 2.07. The Bertz CT molecular complexity index is 618. The first-order valence-corrected chi connectivity index (χ1v) is 8.41. The molecule has 1 amide bonds. The number of aryl methyl sites for hydroxylation is 1. The topological polar surface area (TPSA) is 71.2 Å². The quantitative estimate of drug-likeness (QED) is 0.770. The highest BCUT2D eigenvalue weighted by Gasteiger charge is 2.36. The van der Waals surface area contributed by atoms with Gasteiger partial charge in [0, 0.05) is 12.1 Å². The van der Waals surface area contributed by atoms with Gasteiger partial charge in [-0.25, -0.2) is 9.48 Å². The van der Waals surface area contributed by atoms with E-state index >= 15 is 0 Å². The molecule has 0 fully saturated rings. The summed E-state index contributed by atoms with van der Waals surface area (Å²) in [6.07, 6.45) is 0.366. The van der Waals surface area contributed by atoms with Crippen molar-refractivity contribution >= 4 is 27.8 Å². The molecular weight excluding hydrogens is 360 g/mol. The molecule has 1 aromatic heterocycles. The van der Waals surface area contributed by atoms with Gasteiger partial charge in [-0.15, -0.1) is 0 Å². The minimum Gasteiger partial charge on any atom is -0.443 e. The Hall–Kier alpha value is -1.55. The molecule has 6 nitrogen and oxygen atoms in total. The first kappa shape index (κ1) is 19.5. The Labute approximate surface area is 146 Å². The molecule has 0 aliphatic heterocycles. The summed E-state index contributed by atoms with van der Waals surface area (Å²) in [6, 6.07) is 2.05. The zero-order valence-electron chi connectivity index (χ0n) is 14.9. The molecule has 0 unspecified atom stereocenters. The Morgan fingerprint density at radius 3 is 2.30 bits per heavy atom. The first-order chi connectivity index (χ1) is 10.4. The molecule has 128 valence electrons. The van der Waals surface area contributed by atoms with E-state index in [9.17, 15) is 10.1 Å². The number of amides is 1. The normalized spacial score (nSPS) is 12.0. The van der Waals surface area contributed by atoms with Crippen molar-refractivity contribution in [2.24, 2.45) is 0 Å². The van der Waals surface area contributed by atoms with Crippen molar-refractivity contribution in [1.82, 2.24) is 9.78 Å². The van der Waals surface area contributed by atoms with Gasteiger partial charge >= 0.3 is 6.09 Å². The number of carbonyl (C=O) groups excluding carboxylic acids is 1. The molecule has 0 saturated heterocycles. The molecule has 1 rings (SSSR count). The number of rotatable bonds is 3. The van der Waals surface area contributed by atoms with Crippen molar-refractivity contribution in [3.8, 4) is 6.07 Å². The summed E-state index contributed by atoms with van der Waals surface area (Å²) in [5, 5.41) is 13.5. The smallest absolute Gasteiger partial charge is 0.416 e. The maximum absolute atomic E-state index is 12.8. The molecule has 0 bridgehead atoms. The first-order valence-electron chi connectivity index (χ1n) is 7.62. The number of hydrogen-bond acceptors (Lipinski definition) is 4. The van der Waals surface area contributed by atoms with E-state index < -0.39 is 17.2 Å². The molecule has 0 atom stereocenters. The van der Waals surface area contributed by atoms with E-state index in [4.69, 9.17) is 4.74 Å². The van der Waals surface area contributed by atoms with Gasteiger partial charge in [-0.3, -0.25) is 4.90 Å². The van der Waals surface area contributed by atoms with Crippen LogP contribution in [-0.4, -0.2) is 27.0 Å². The molecule has 0 aromatic carbocycles. The van der Waals surface area contributed by atoms with Gasteiger partial charge in [0.1, 0.15) is 11.7 Å². The van der Waals surface area contributed by atoms with Crippen molar-refractivity contribution in [3.63, 3.8) is 0 Å². The van der Waals surface area contributed by atoms with E-state index in [0.717, 1.165) is 6.42 Å². The van der Waals surface area contributed by atoms with Gasteiger partial charge in [-0.2, -0.15) is 10.4 Å². The van der Waals surface area contributed by atoms with Crippen LogP contribution in [0.5, 0.6) is 0 Å². The van der Waals surface area contributed by atoms with Crippen LogP contribution in [0.15, 0.2) is 4.47 Å². The molecule has 0 saturated carbocycles. The van der Waals surface area contributed by atoms with E-state index in [-0.39, 0.29) is 5.69 Å². The second-order valence-corrected chi connectivity index (χ2v) is 8.10. The van der Waals surface area contributed by atoms with E-state index in [1.165, 1.54) is 0 Å². The molecule has 0 aliphatic rings. The molecule has 0 radical (unpaired) electrons. The molecule has 0 aliphatic carbocycles. The van der Waals surface area contributed by atoms with Crippen LogP contribution in [0.2, 0.25) is 0 Å². The number of ether oxygens (including phenoxy) is 1. The fraction of sp³-hybridized carbons (Fsp3) is 0.688. The number of nitrogens with zero attached hydrogens (tertiary/aromatic N) is 4. The zero-order chi connectivity index (χ0) is 18.0. The molecule has 1 aromatic rings. The third-order valence-corrected chi connectivity index (χ3v) is 3.60. The van der Waals surface area contributed by atoms with E-state index in [0.29, 0.717) is 16.8 Å². The maximum Gasteiger partial charge on any atom is 0.416 e. The lowest BCUT2D eigenvalue weighted by Gasteiger charge is -2.36. The summed E-state index contributed by atoms with van der Waals surface area (Å²) >= 11 is 3.42. The van der Waals surface area contributed by atoms with Crippen molar-refractivity contribution < 1.29 is 9.53 Å².